The van der Waals surface area contributed by atoms with Gasteiger partial charge < -0.3 is 18.9 Å². The maximum absolute atomic E-state index is 2.43. The van der Waals surface area contributed by atoms with Gasteiger partial charge in [0.2, 0.25) is 0 Å². The first-order chi connectivity index (χ1) is 34.7. The van der Waals surface area contributed by atoms with Crippen molar-refractivity contribution >= 4 is 77.7 Å². The topological polar surface area (TPSA) is 16.3 Å². The van der Waals surface area contributed by atoms with Crippen LogP contribution in [0.25, 0.3) is 77.2 Å². The van der Waals surface area contributed by atoms with Crippen molar-refractivity contribution in [2.45, 2.75) is 0 Å². The fraction of sp³-hybridized carbons (Fsp3) is 0. The van der Waals surface area contributed by atoms with Crippen molar-refractivity contribution in [1.82, 2.24) is 9.13 Å². The minimum atomic E-state index is 1.12. The van der Waals surface area contributed by atoms with Gasteiger partial charge in [-0.15, -0.1) is 0 Å². The summed E-state index contributed by atoms with van der Waals surface area (Å²) in [5.74, 6) is 0. The van der Waals surface area contributed by atoms with E-state index >= 15 is 0 Å². The molecule has 4 nitrogen and oxygen atoms in total. The number of hydrogen-bond acceptors (Lipinski definition) is 2. The predicted molar refractivity (Wildman–Crippen MR) is 295 cm³/mol. The highest BCUT2D eigenvalue weighted by Crippen LogP contribution is 2.42. The summed E-state index contributed by atoms with van der Waals surface area (Å²) in [7, 11) is 0. The van der Waals surface area contributed by atoms with Crippen molar-refractivity contribution in [1.29, 1.82) is 0 Å². The van der Waals surface area contributed by atoms with Crippen molar-refractivity contribution in [3.05, 3.63) is 279 Å². The van der Waals surface area contributed by atoms with Gasteiger partial charge in [0.1, 0.15) is 0 Å². The van der Waals surface area contributed by atoms with Gasteiger partial charge in [-0.05, 0) is 144 Å². The summed E-state index contributed by atoms with van der Waals surface area (Å²) in [5.41, 5.74) is 18.4. The molecule has 0 amide bonds. The molecule has 0 aliphatic carbocycles. The van der Waals surface area contributed by atoms with E-state index in [1.807, 2.05) is 0 Å². The smallest absolute Gasteiger partial charge is 0.0548 e. The van der Waals surface area contributed by atoms with Gasteiger partial charge in [-0.1, -0.05) is 158 Å². The molecule has 0 aliphatic rings. The number of rotatable bonds is 10. The van der Waals surface area contributed by atoms with E-state index in [0.29, 0.717) is 0 Å². The lowest BCUT2D eigenvalue weighted by molar-refractivity contribution is 1.17. The van der Waals surface area contributed by atoms with Gasteiger partial charge >= 0.3 is 0 Å². The molecule has 0 saturated heterocycles. The largest absolute Gasteiger partial charge is 0.311 e. The van der Waals surface area contributed by atoms with Gasteiger partial charge in [0.15, 0.2) is 0 Å². The van der Waals surface area contributed by atoms with Crippen LogP contribution in [0.2, 0.25) is 0 Å². The van der Waals surface area contributed by atoms with Crippen molar-refractivity contribution in [2.75, 3.05) is 9.80 Å². The summed E-state index contributed by atoms with van der Waals surface area (Å²) in [6.45, 7) is 0. The van der Waals surface area contributed by atoms with Crippen LogP contribution in [0.4, 0.5) is 34.1 Å². The zero-order valence-corrected chi connectivity index (χ0v) is 38.3. The quantitative estimate of drug-likeness (QED) is 0.136. The average molecular weight is 895 g/mol. The van der Waals surface area contributed by atoms with Crippen LogP contribution in [0.3, 0.4) is 0 Å². The second kappa shape index (κ2) is 17.4. The summed E-state index contributed by atoms with van der Waals surface area (Å²) < 4.78 is 4.86. The third kappa shape index (κ3) is 7.18. The van der Waals surface area contributed by atoms with Crippen LogP contribution in [-0.4, -0.2) is 9.13 Å². The highest BCUT2D eigenvalue weighted by Gasteiger charge is 2.20. The van der Waals surface area contributed by atoms with Crippen LogP contribution < -0.4 is 9.80 Å². The van der Waals surface area contributed by atoms with E-state index in [-0.39, 0.29) is 0 Å². The fourth-order valence-corrected chi connectivity index (χ4v) is 10.4. The predicted octanol–water partition coefficient (Wildman–Crippen LogP) is 18.2. The summed E-state index contributed by atoms with van der Waals surface area (Å²) in [5, 5.41) is 4.92. The molecule has 2 heterocycles. The Balaban J connectivity index is 0.843. The molecule has 0 radical (unpaired) electrons. The third-order valence-corrected chi connectivity index (χ3v) is 13.7. The molecule has 4 heteroatoms. The first kappa shape index (κ1) is 40.9. The molecule has 11 aromatic carbocycles. The number of nitrogens with zero attached hydrogens (tertiary/aromatic N) is 4. The van der Waals surface area contributed by atoms with Crippen molar-refractivity contribution in [3.8, 4) is 33.6 Å². The second-order valence-corrected chi connectivity index (χ2v) is 17.8. The molecule has 0 atom stereocenters. The van der Waals surface area contributed by atoms with Crippen molar-refractivity contribution in [3.63, 3.8) is 0 Å². The normalized spacial score (nSPS) is 11.4. The molecule has 0 spiro atoms. The molecule has 2 aromatic heterocycles. The maximum atomic E-state index is 2.43. The van der Waals surface area contributed by atoms with Crippen LogP contribution in [0.1, 0.15) is 0 Å². The Hall–Kier alpha value is -9.38. The van der Waals surface area contributed by atoms with Gasteiger partial charge in [0.05, 0.1) is 22.1 Å². The Morgan fingerprint density at radius 1 is 0.200 bits per heavy atom. The maximum Gasteiger partial charge on any atom is 0.0548 e. The van der Waals surface area contributed by atoms with E-state index in [4.69, 9.17) is 0 Å². The monoisotopic (exact) mass is 894 g/mol. The molecule has 330 valence electrons. The Kier molecular flexibility index (Phi) is 10.1. The van der Waals surface area contributed by atoms with E-state index in [1.54, 1.807) is 0 Å². The molecule has 0 unspecified atom stereocenters. The standard InChI is InChI=1S/C66H46N4/c1-5-17-51(18-6-1)67(52-19-7-2-8-20-52)55-37-29-47(30-38-55)49-33-41-57(42-34-49)69-63-27-15-13-25-59(63)61-46-66-62(45-65(61)69)60-26-14-16-28-64(60)70(66)58-43-35-50(36-44-58)48-31-39-56(40-32-48)68(53-21-9-3-10-22-53)54-23-11-4-12-24-54/h1-46H. The van der Waals surface area contributed by atoms with Gasteiger partial charge in [-0.25, -0.2) is 0 Å². The molecular formula is C66H46N4. The molecule has 0 N–H and O–H groups in total. The third-order valence-electron chi connectivity index (χ3n) is 13.7. The van der Waals surface area contributed by atoms with E-state index < -0.39 is 0 Å². The second-order valence-electron chi connectivity index (χ2n) is 17.8. The van der Waals surface area contributed by atoms with Crippen LogP contribution in [-0.2, 0) is 0 Å². The number of benzene rings is 11. The van der Waals surface area contributed by atoms with Crippen molar-refractivity contribution < 1.29 is 0 Å². The van der Waals surface area contributed by atoms with E-state index in [2.05, 4.69) is 298 Å². The zero-order valence-electron chi connectivity index (χ0n) is 38.3. The summed E-state index contributed by atoms with van der Waals surface area (Å²) in [6, 6.07) is 101. The first-order valence-corrected chi connectivity index (χ1v) is 23.9. The Labute approximate surface area is 407 Å². The number of anilines is 6. The number of para-hydroxylation sites is 6. The SMILES string of the molecule is c1ccc(N(c2ccccc2)c2ccc(-c3ccc(-n4c5ccccc5c5cc6c(cc54)c4ccccc4n6-c4ccc(-c5ccc(N(c6ccccc6)c6ccccc6)cc5)cc4)cc3)cc2)cc1. The Morgan fingerprint density at radius 2 is 0.457 bits per heavy atom. The zero-order chi connectivity index (χ0) is 46.4. The van der Waals surface area contributed by atoms with Gasteiger partial charge in [-0.2, -0.15) is 0 Å². The number of hydrogen-bond donors (Lipinski definition) is 0. The molecule has 13 aromatic rings. The molecule has 0 bridgehead atoms. The van der Waals surface area contributed by atoms with E-state index in [9.17, 15) is 0 Å². The van der Waals surface area contributed by atoms with E-state index in [1.165, 1.54) is 65.9 Å². The lowest BCUT2D eigenvalue weighted by Gasteiger charge is -2.25. The van der Waals surface area contributed by atoms with Crippen LogP contribution in [0.15, 0.2) is 279 Å². The number of aromatic nitrogens is 2. The number of fused-ring (bicyclic) bond motifs is 6. The van der Waals surface area contributed by atoms with Crippen LogP contribution in [0.5, 0.6) is 0 Å². The molecule has 13 rings (SSSR count). The molecule has 0 fully saturated rings. The summed E-state index contributed by atoms with van der Waals surface area (Å²) in [6.07, 6.45) is 0. The molecule has 0 saturated carbocycles. The minimum absolute atomic E-state index is 1.12. The van der Waals surface area contributed by atoms with Gasteiger partial charge in [-0.3, -0.25) is 0 Å². The highest BCUT2D eigenvalue weighted by atomic mass is 15.1. The Bertz CT molecular complexity index is 3590. The highest BCUT2D eigenvalue weighted by molar-refractivity contribution is 6.19. The van der Waals surface area contributed by atoms with Crippen molar-refractivity contribution in [2.24, 2.45) is 0 Å². The van der Waals surface area contributed by atoms with Crippen LogP contribution >= 0.6 is 0 Å². The fourth-order valence-electron chi connectivity index (χ4n) is 10.4. The average Bonchev–Trinajstić information content (AvgIpc) is 3.94. The summed E-state index contributed by atoms with van der Waals surface area (Å²) in [4.78, 5) is 4.60. The minimum Gasteiger partial charge on any atom is -0.311 e. The lowest BCUT2D eigenvalue weighted by Crippen LogP contribution is -2.09. The molecule has 70 heavy (non-hydrogen) atoms. The van der Waals surface area contributed by atoms with Gasteiger partial charge in [0.25, 0.3) is 0 Å². The van der Waals surface area contributed by atoms with Crippen LogP contribution in [0, 0.1) is 0 Å². The van der Waals surface area contributed by atoms with E-state index in [0.717, 1.165) is 45.5 Å². The Morgan fingerprint density at radius 3 is 0.771 bits per heavy atom. The first-order valence-electron chi connectivity index (χ1n) is 23.9. The molecular weight excluding hydrogens is 849 g/mol. The van der Waals surface area contributed by atoms with Gasteiger partial charge in [0, 0.05) is 67.0 Å². The summed E-state index contributed by atoms with van der Waals surface area (Å²) >= 11 is 0. The molecule has 0 aliphatic heterocycles. The lowest BCUT2D eigenvalue weighted by atomic mass is 10.0.